The molecular weight excluding hydrogens is 235 g/mol. The van der Waals surface area contributed by atoms with E-state index >= 15 is 0 Å². The van der Waals surface area contributed by atoms with Crippen LogP contribution in [0.25, 0.3) is 0 Å². The molecule has 1 aromatic carbocycles. The van der Waals surface area contributed by atoms with Gasteiger partial charge in [-0.25, -0.2) is 4.39 Å². The maximum absolute atomic E-state index is 13.1. The molecule has 2 nitrogen and oxygen atoms in total. The van der Waals surface area contributed by atoms with Crippen LogP contribution in [0.1, 0.15) is 10.9 Å². The molecule has 2 rings (SSSR count). The van der Waals surface area contributed by atoms with Crippen molar-refractivity contribution in [1.29, 1.82) is 0 Å². The van der Waals surface area contributed by atoms with Gasteiger partial charge in [-0.3, -0.25) is 0 Å². The summed E-state index contributed by atoms with van der Waals surface area (Å²) in [5, 5.41) is 2.01. The first kappa shape index (κ1) is 12.1. The number of anilines is 1. The monoisotopic (exact) mass is 250 g/mol. The fourth-order valence-corrected chi connectivity index (χ4v) is 2.43. The van der Waals surface area contributed by atoms with E-state index in [1.165, 1.54) is 12.1 Å². The molecular formula is C13H15FN2S. The van der Waals surface area contributed by atoms with Gasteiger partial charge in [0.15, 0.2) is 0 Å². The fraction of sp³-hybridized carbons (Fsp3) is 0.231. The predicted molar refractivity (Wildman–Crippen MR) is 70.9 cm³/mol. The van der Waals surface area contributed by atoms with Crippen LogP contribution in [0, 0.1) is 5.82 Å². The molecule has 0 aliphatic carbocycles. The molecule has 1 unspecified atom stereocenters. The topological polar surface area (TPSA) is 29.3 Å². The van der Waals surface area contributed by atoms with E-state index in [1.54, 1.807) is 17.4 Å². The highest BCUT2D eigenvalue weighted by atomic mass is 32.1. The van der Waals surface area contributed by atoms with Gasteiger partial charge in [-0.2, -0.15) is 0 Å². The molecule has 0 amide bonds. The lowest BCUT2D eigenvalue weighted by molar-refractivity contribution is 0.626. The molecule has 17 heavy (non-hydrogen) atoms. The SMILES string of the molecule is CN(CC(N)c1cccs1)c1cccc(F)c1. The Bertz CT molecular complexity index is 470. The molecule has 0 fully saturated rings. The average molecular weight is 250 g/mol. The molecule has 2 N–H and O–H groups in total. The first-order valence-electron chi connectivity index (χ1n) is 5.42. The van der Waals surface area contributed by atoms with Crippen molar-refractivity contribution in [3.63, 3.8) is 0 Å². The second kappa shape index (κ2) is 5.29. The third-order valence-electron chi connectivity index (χ3n) is 2.63. The molecule has 0 radical (unpaired) electrons. The predicted octanol–water partition coefficient (Wildman–Crippen LogP) is 3.02. The van der Waals surface area contributed by atoms with Gasteiger partial charge in [0, 0.05) is 24.2 Å². The van der Waals surface area contributed by atoms with E-state index in [0.29, 0.717) is 6.54 Å². The average Bonchev–Trinajstić information content (AvgIpc) is 2.82. The van der Waals surface area contributed by atoms with Crippen LogP contribution in [-0.2, 0) is 0 Å². The van der Waals surface area contributed by atoms with E-state index < -0.39 is 0 Å². The smallest absolute Gasteiger partial charge is 0.125 e. The Kier molecular flexibility index (Phi) is 3.76. The van der Waals surface area contributed by atoms with Gasteiger partial charge in [-0.05, 0) is 29.6 Å². The molecule has 0 saturated heterocycles. The van der Waals surface area contributed by atoms with Crippen LogP contribution in [0.5, 0.6) is 0 Å². The van der Waals surface area contributed by atoms with Crippen molar-refractivity contribution < 1.29 is 4.39 Å². The summed E-state index contributed by atoms with van der Waals surface area (Å²) in [6.07, 6.45) is 0. The molecule has 0 saturated carbocycles. The maximum atomic E-state index is 13.1. The summed E-state index contributed by atoms with van der Waals surface area (Å²) >= 11 is 1.65. The number of hydrogen-bond acceptors (Lipinski definition) is 3. The standard InChI is InChI=1S/C13H15FN2S/c1-16(11-5-2-4-10(14)8-11)9-12(15)13-6-3-7-17-13/h2-8,12H,9,15H2,1H3. The molecule has 1 aromatic heterocycles. The van der Waals surface area contributed by atoms with E-state index in [0.717, 1.165) is 10.6 Å². The lowest BCUT2D eigenvalue weighted by atomic mass is 10.2. The van der Waals surface area contributed by atoms with E-state index in [2.05, 4.69) is 0 Å². The van der Waals surface area contributed by atoms with Gasteiger partial charge in [0.25, 0.3) is 0 Å². The van der Waals surface area contributed by atoms with Crippen molar-refractivity contribution >= 4 is 17.0 Å². The van der Waals surface area contributed by atoms with Gasteiger partial charge in [-0.15, -0.1) is 11.3 Å². The van der Waals surface area contributed by atoms with Gasteiger partial charge in [0.2, 0.25) is 0 Å². The lowest BCUT2D eigenvalue weighted by Crippen LogP contribution is -2.28. The molecule has 0 aliphatic rings. The number of nitrogens with two attached hydrogens (primary N) is 1. The van der Waals surface area contributed by atoms with Crippen molar-refractivity contribution in [2.45, 2.75) is 6.04 Å². The van der Waals surface area contributed by atoms with E-state index in [4.69, 9.17) is 5.73 Å². The van der Waals surface area contributed by atoms with Gasteiger partial charge < -0.3 is 10.6 Å². The Hall–Kier alpha value is -1.39. The highest BCUT2D eigenvalue weighted by molar-refractivity contribution is 7.10. The molecule has 0 bridgehead atoms. The first-order valence-corrected chi connectivity index (χ1v) is 6.30. The van der Waals surface area contributed by atoms with E-state index in [-0.39, 0.29) is 11.9 Å². The van der Waals surface area contributed by atoms with Crippen molar-refractivity contribution in [3.05, 3.63) is 52.5 Å². The van der Waals surface area contributed by atoms with Crippen LogP contribution in [0.15, 0.2) is 41.8 Å². The zero-order valence-electron chi connectivity index (χ0n) is 9.64. The zero-order chi connectivity index (χ0) is 12.3. The van der Waals surface area contributed by atoms with E-state index in [1.807, 2.05) is 35.5 Å². The van der Waals surface area contributed by atoms with Crippen LogP contribution in [0.4, 0.5) is 10.1 Å². The molecule has 2 aromatic rings. The minimum absolute atomic E-state index is 0.0386. The normalized spacial score (nSPS) is 12.4. The van der Waals surface area contributed by atoms with Gasteiger partial charge in [-0.1, -0.05) is 12.1 Å². The summed E-state index contributed by atoms with van der Waals surface area (Å²) in [5.41, 5.74) is 6.94. The van der Waals surface area contributed by atoms with Crippen molar-refractivity contribution in [2.75, 3.05) is 18.5 Å². The summed E-state index contributed by atoms with van der Waals surface area (Å²) < 4.78 is 13.1. The summed E-state index contributed by atoms with van der Waals surface area (Å²) in [6.45, 7) is 0.671. The third-order valence-corrected chi connectivity index (χ3v) is 3.63. The Morgan fingerprint density at radius 3 is 2.82 bits per heavy atom. The van der Waals surface area contributed by atoms with Crippen molar-refractivity contribution in [3.8, 4) is 0 Å². The second-order valence-corrected chi connectivity index (χ2v) is 4.96. The molecule has 0 spiro atoms. The summed E-state index contributed by atoms with van der Waals surface area (Å²) in [6, 6.07) is 10.5. The Morgan fingerprint density at radius 1 is 1.35 bits per heavy atom. The Labute approximate surface area is 104 Å². The molecule has 0 aliphatic heterocycles. The summed E-state index contributed by atoms with van der Waals surface area (Å²) in [7, 11) is 1.92. The fourth-order valence-electron chi connectivity index (χ4n) is 1.71. The number of thiophene rings is 1. The summed E-state index contributed by atoms with van der Waals surface area (Å²) in [4.78, 5) is 3.11. The van der Waals surface area contributed by atoms with Crippen molar-refractivity contribution in [2.24, 2.45) is 5.73 Å². The Morgan fingerprint density at radius 2 is 2.18 bits per heavy atom. The molecule has 4 heteroatoms. The minimum atomic E-state index is -0.223. The van der Waals surface area contributed by atoms with Crippen LogP contribution in [0.2, 0.25) is 0 Å². The number of halogens is 1. The number of hydrogen-bond donors (Lipinski definition) is 1. The van der Waals surface area contributed by atoms with Crippen LogP contribution in [-0.4, -0.2) is 13.6 Å². The third kappa shape index (κ3) is 3.05. The maximum Gasteiger partial charge on any atom is 0.125 e. The number of nitrogens with zero attached hydrogens (tertiary/aromatic N) is 1. The highest BCUT2D eigenvalue weighted by Crippen LogP contribution is 2.20. The van der Waals surface area contributed by atoms with E-state index in [9.17, 15) is 4.39 Å². The Balaban J connectivity index is 2.04. The van der Waals surface area contributed by atoms with Gasteiger partial charge in [0.1, 0.15) is 5.82 Å². The van der Waals surface area contributed by atoms with Crippen LogP contribution < -0.4 is 10.6 Å². The number of rotatable bonds is 4. The quantitative estimate of drug-likeness (QED) is 0.903. The van der Waals surface area contributed by atoms with Gasteiger partial charge in [0.05, 0.1) is 6.04 Å². The highest BCUT2D eigenvalue weighted by Gasteiger charge is 2.10. The van der Waals surface area contributed by atoms with Gasteiger partial charge >= 0.3 is 0 Å². The minimum Gasteiger partial charge on any atom is -0.373 e. The lowest BCUT2D eigenvalue weighted by Gasteiger charge is -2.22. The second-order valence-electron chi connectivity index (χ2n) is 3.98. The largest absolute Gasteiger partial charge is 0.373 e. The molecule has 1 heterocycles. The van der Waals surface area contributed by atoms with Crippen LogP contribution in [0.3, 0.4) is 0 Å². The number of likely N-dealkylation sites (N-methyl/N-ethyl adjacent to an activating group) is 1. The molecule has 1 atom stereocenters. The molecule has 90 valence electrons. The van der Waals surface area contributed by atoms with Crippen LogP contribution >= 0.6 is 11.3 Å². The summed E-state index contributed by atoms with van der Waals surface area (Å²) in [5.74, 6) is -0.223. The number of benzene rings is 1. The zero-order valence-corrected chi connectivity index (χ0v) is 10.5. The van der Waals surface area contributed by atoms with Crippen molar-refractivity contribution in [1.82, 2.24) is 0 Å². The first-order chi connectivity index (χ1) is 8.16.